The van der Waals surface area contributed by atoms with Crippen LogP contribution in [0.5, 0.6) is 0 Å². The van der Waals surface area contributed by atoms with Crippen LogP contribution in [0.4, 0.5) is 11.5 Å². The maximum Gasteiger partial charge on any atom is 0.279 e. The van der Waals surface area contributed by atoms with E-state index in [1.54, 1.807) is 0 Å². The van der Waals surface area contributed by atoms with E-state index >= 15 is 0 Å². The maximum absolute atomic E-state index is 12.0. The highest BCUT2D eigenvalue weighted by atomic mass is 16.2. The Morgan fingerprint density at radius 2 is 1.90 bits per heavy atom. The Balaban J connectivity index is 2.42. The quantitative estimate of drug-likeness (QED) is 0.676. The largest absolute Gasteiger partial charge is 0.332 e. The number of aromatic nitrogens is 1. The summed E-state index contributed by atoms with van der Waals surface area (Å²) in [4.78, 5) is 18.8. The second-order valence-corrected chi connectivity index (χ2v) is 5.50. The molecule has 3 N–H and O–H groups in total. The molecule has 5 heteroatoms. The third-order valence-electron chi connectivity index (χ3n) is 3.02. The van der Waals surface area contributed by atoms with Crippen LogP contribution in [0.3, 0.4) is 0 Å². The lowest BCUT2D eigenvalue weighted by molar-refractivity contribution is -0.849. The normalized spacial score (nSPS) is 11.3. The van der Waals surface area contributed by atoms with Crippen LogP contribution in [-0.2, 0) is 4.79 Å². The van der Waals surface area contributed by atoms with Gasteiger partial charge in [0.2, 0.25) is 5.82 Å². The number of para-hydroxylation sites is 1. The monoisotopic (exact) mass is 274 g/mol. The second-order valence-electron chi connectivity index (χ2n) is 5.50. The zero-order valence-electron chi connectivity index (χ0n) is 12.4. The molecule has 0 radical (unpaired) electrons. The minimum Gasteiger partial charge on any atom is -0.332 e. The molecule has 0 fully saturated rings. The maximum atomic E-state index is 12.0. The summed E-state index contributed by atoms with van der Waals surface area (Å²) in [5.74, 6) is 0.928. The molecule has 1 amide bonds. The summed E-state index contributed by atoms with van der Waals surface area (Å²) < 4.78 is 0. The second kappa shape index (κ2) is 5.98. The van der Waals surface area contributed by atoms with Crippen LogP contribution < -0.4 is 15.1 Å². The number of rotatable bonds is 4. The molecule has 0 saturated heterocycles. The van der Waals surface area contributed by atoms with Crippen LogP contribution in [0, 0.1) is 0 Å². The molecule has 1 aromatic carbocycles. The van der Waals surface area contributed by atoms with Gasteiger partial charge in [-0.05, 0) is 6.07 Å². The average Bonchev–Trinajstić information content (AvgIpc) is 2.37. The Morgan fingerprint density at radius 3 is 2.55 bits per heavy atom. The molecule has 0 aliphatic carbocycles. The van der Waals surface area contributed by atoms with Crippen molar-refractivity contribution < 1.29 is 14.6 Å². The fraction of sp³-hybridized carbons (Fsp3) is 0.333. The topological polar surface area (TPSA) is 50.9 Å². The molecule has 0 spiro atoms. The van der Waals surface area contributed by atoms with Crippen LogP contribution in [0.15, 0.2) is 30.3 Å². The van der Waals surface area contributed by atoms with E-state index in [9.17, 15) is 4.79 Å². The van der Waals surface area contributed by atoms with Gasteiger partial charge in [0.25, 0.3) is 5.91 Å². The minimum atomic E-state index is 0.0149. The summed E-state index contributed by atoms with van der Waals surface area (Å²) in [5.41, 5.74) is 1.73. The smallest absolute Gasteiger partial charge is 0.279 e. The predicted molar refractivity (Wildman–Crippen MR) is 80.5 cm³/mol. The van der Waals surface area contributed by atoms with Gasteiger partial charge in [0.15, 0.2) is 6.54 Å². The van der Waals surface area contributed by atoms with Crippen molar-refractivity contribution in [3.63, 3.8) is 0 Å². The fourth-order valence-corrected chi connectivity index (χ4v) is 2.05. The summed E-state index contributed by atoms with van der Waals surface area (Å²) in [5, 5.41) is 3.97. The molecule has 2 rings (SSSR count). The van der Waals surface area contributed by atoms with Gasteiger partial charge in [-0.15, -0.1) is 0 Å². The SMILES string of the molecule is C[NH+](C)CC(=O)Nc1cc([NH+](C)C)nc2ccccc12. The van der Waals surface area contributed by atoms with Gasteiger partial charge in [0.1, 0.15) is 0 Å². The number of quaternary nitrogens is 2. The van der Waals surface area contributed by atoms with E-state index in [-0.39, 0.29) is 5.91 Å². The first-order valence-electron chi connectivity index (χ1n) is 6.76. The molecule has 5 nitrogen and oxygen atoms in total. The molecule has 0 aliphatic heterocycles. The van der Waals surface area contributed by atoms with Crippen molar-refractivity contribution in [3.8, 4) is 0 Å². The number of carbonyl (C=O) groups is 1. The number of pyridine rings is 1. The summed E-state index contributed by atoms with van der Waals surface area (Å²) in [6, 6.07) is 9.81. The molecule has 106 valence electrons. The average molecular weight is 274 g/mol. The summed E-state index contributed by atoms with van der Waals surface area (Å²) in [6.45, 7) is 0.445. The zero-order chi connectivity index (χ0) is 14.7. The molecule has 0 aliphatic rings. The van der Waals surface area contributed by atoms with Crippen LogP contribution in [0.25, 0.3) is 10.9 Å². The Bertz CT molecular complexity index is 622. The first kappa shape index (κ1) is 14.4. The lowest BCUT2D eigenvalue weighted by Crippen LogP contribution is -3.06. The van der Waals surface area contributed by atoms with Gasteiger partial charge in [-0.25, -0.2) is 0 Å². The number of nitrogens with one attached hydrogen (secondary N) is 3. The molecule has 1 aromatic heterocycles. The fourth-order valence-electron chi connectivity index (χ4n) is 2.05. The van der Waals surface area contributed by atoms with Gasteiger partial charge in [-0.2, -0.15) is 4.98 Å². The van der Waals surface area contributed by atoms with Gasteiger partial charge in [-0.3, -0.25) is 9.69 Å². The Labute approximate surface area is 119 Å². The van der Waals surface area contributed by atoms with Crippen molar-refractivity contribution in [2.24, 2.45) is 0 Å². The number of amides is 1. The molecule has 0 atom stereocenters. The van der Waals surface area contributed by atoms with Crippen LogP contribution >= 0.6 is 0 Å². The number of carbonyl (C=O) groups excluding carboxylic acids is 1. The standard InChI is InChI=1S/C15H20N4O/c1-18(2)10-15(20)17-13-9-14(19(3)4)16-12-8-6-5-7-11(12)13/h5-9H,10H2,1-4H3,(H,16,17,20)/p+2. The zero-order valence-corrected chi connectivity index (χ0v) is 12.4. The van der Waals surface area contributed by atoms with Gasteiger partial charge < -0.3 is 10.2 Å². The van der Waals surface area contributed by atoms with Gasteiger partial charge >= 0.3 is 0 Å². The summed E-state index contributed by atoms with van der Waals surface area (Å²) in [7, 11) is 7.96. The van der Waals surface area contributed by atoms with E-state index in [0.29, 0.717) is 6.54 Å². The van der Waals surface area contributed by atoms with E-state index in [1.807, 2.05) is 58.5 Å². The number of nitrogens with zero attached hydrogens (tertiary/aromatic N) is 1. The number of likely N-dealkylation sites (N-methyl/N-ethyl adjacent to an activating group) is 1. The minimum absolute atomic E-state index is 0.0149. The number of hydrogen-bond acceptors (Lipinski definition) is 2. The van der Waals surface area contributed by atoms with Crippen molar-refractivity contribution in [2.45, 2.75) is 0 Å². The molecule has 0 saturated carbocycles. The van der Waals surface area contributed by atoms with Gasteiger partial charge in [0.05, 0.1) is 39.4 Å². The van der Waals surface area contributed by atoms with E-state index in [0.717, 1.165) is 32.2 Å². The molecule has 2 aromatic rings. The summed E-state index contributed by atoms with van der Waals surface area (Å²) in [6.07, 6.45) is 0. The number of fused-ring (bicyclic) bond motifs is 1. The molecule has 1 heterocycles. The lowest BCUT2D eigenvalue weighted by atomic mass is 10.2. The number of hydrogen-bond donors (Lipinski definition) is 3. The number of anilines is 1. The molecule has 0 unspecified atom stereocenters. The van der Waals surface area contributed by atoms with Crippen LogP contribution in [0.2, 0.25) is 0 Å². The van der Waals surface area contributed by atoms with Crippen molar-refractivity contribution in [1.29, 1.82) is 0 Å². The van der Waals surface area contributed by atoms with Crippen molar-refractivity contribution in [1.82, 2.24) is 4.98 Å². The van der Waals surface area contributed by atoms with E-state index in [1.165, 1.54) is 0 Å². The summed E-state index contributed by atoms with van der Waals surface area (Å²) >= 11 is 0. The third kappa shape index (κ3) is 3.31. The Kier molecular flexibility index (Phi) is 4.32. The Morgan fingerprint density at radius 1 is 1.20 bits per heavy atom. The highest BCUT2D eigenvalue weighted by molar-refractivity contribution is 6.01. The Hall–Kier alpha value is -1.98. The predicted octanol–water partition coefficient (Wildman–Crippen LogP) is -0.906. The first-order valence-corrected chi connectivity index (χ1v) is 6.76. The number of benzene rings is 1. The van der Waals surface area contributed by atoms with E-state index < -0.39 is 0 Å². The van der Waals surface area contributed by atoms with E-state index in [2.05, 4.69) is 10.3 Å². The van der Waals surface area contributed by atoms with Crippen LogP contribution in [0.1, 0.15) is 0 Å². The van der Waals surface area contributed by atoms with Gasteiger partial charge in [-0.1, -0.05) is 18.2 Å². The molecule has 20 heavy (non-hydrogen) atoms. The molecular formula is C15H22N4O+2. The van der Waals surface area contributed by atoms with Crippen molar-refractivity contribution >= 4 is 28.3 Å². The van der Waals surface area contributed by atoms with Crippen LogP contribution in [-0.4, -0.2) is 45.6 Å². The van der Waals surface area contributed by atoms with Crippen molar-refractivity contribution in [3.05, 3.63) is 30.3 Å². The molecule has 0 bridgehead atoms. The lowest BCUT2D eigenvalue weighted by Gasteiger charge is -2.13. The highest BCUT2D eigenvalue weighted by Crippen LogP contribution is 2.23. The van der Waals surface area contributed by atoms with E-state index in [4.69, 9.17) is 0 Å². The molecular weight excluding hydrogens is 252 g/mol. The highest BCUT2D eigenvalue weighted by Gasteiger charge is 2.13. The van der Waals surface area contributed by atoms with Gasteiger partial charge in [0, 0.05) is 11.5 Å². The van der Waals surface area contributed by atoms with Crippen molar-refractivity contribution in [2.75, 3.05) is 40.1 Å². The third-order valence-corrected chi connectivity index (χ3v) is 3.02. The first-order chi connectivity index (χ1) is 9.47.